The van der Waals surface area contributed by atoms with Gasteiger partial charge in [0.25, 0.3) is 0 Å². The molecule has 1 aliphatic carbocycles. The number of halogens is 2. The summed E-state index contributed by atoms with van der Waals surface area (Å²) in [6.45, 7) is 12.0. The van der Waals surface area contributed by atoms with E-state index in [1.54, 1.807) is 12.1 Å². The minimum Gasteiger partial charge on any atom is -0.490 e. The number of rotatable bonds is 8. The fourth-order valence-electron chi connectivity index (χ4n) is 4.10. The average Bonchev–Trinajstić information content (AvgIpc) is 3.56. The van der Waals surface area contributed by atoms with E-state index in [1.807, 2.05) is 13.0 Å². The fourth-order valence-corrected chi connectivity index (χ4v) is 4.10. The van der Waals surface area contributed by atoms with Crippen LogP contribution in [0.15, 0.2) is 23.2 Å². The average molecular weight is 531 g/mol. The number of nitrogens with one attached hydrogen (secondary N) is 2. The lowest BCUT2D eigenvalue weighted by Gasteiger charge is -2.47. The van der Waals surface area contributed by atoms with E-state index in [2.05, 4.69) is 27.4 Å². The lowest BCUT2D eigenvalue weighted by Crippen LogP contribution is -2.62. The first kappa shape index (κ1) is 23.5. The molecule has 0 spiro atoms. The smallest absolute Gasteiger partial charge is 0.191 e. The third-order valence-electron chi connectivity index (χ3n) is 6.18. The van der Waals surface area contributed by atoms with Crippen molar-refractivity contribution in [1.29, 1.82) is 0 Å². The summed E-state index contributed by atoms with van der Waals surface area (Å²) in [5, 5.41) is 6.74. The van der Waals surface area contributed by atoms with Crippen LogP contribution in [0.5, 0.6) is 5.75 Å². The maximum Gasteiger partial charge on any atom is 0.191 e. The van der Waals surface area contributed by atoms with Gasteiger partial charge in [0, 0.05) is 45.3 Å². The highest BCUT2D eigenvalue weighted by atomic mass is 127. The summed E-state index contributed by atoms with van der Waals surface area (Å²) >= 11 is 0. The van der Waals surface area contributed by atoms with Gasteiger partial charge in [-0.3, -0.25) is 14.8 Å². The first-order chi connectivity index (χ1) is 14.1. The van der Waals surface area contributed by atoms with E-state index in [1.165, 1.54) is 25.9 Å². The number of fused-ring (bicyclic) bond motifs is 3. The third kappa shape index (κ3) is 6.20. The molecule has 3 aliphatic heterocycles. The van der Waals surface area contributed by atoms with Crippen LogP contribution >= 0.6 is 24.0 Å². The van der Waals surface area contributed by atoms with Crippen molar-refractivity contribution in [2.45, 2.75) is 38.8 Å². The molecule has 168 valence electrons. The number of hydrogen-bond acceptors (Lipinski definition) is 4. The molecule has 6 nitrogen and oxygen atoms in total. The minimum absolute atomic E-state index is 0. The largest absolute Gasteiger partial charge is 0.490 e. The molecule has 4 aliphatic rings. The summed E-state index contributed by atoms with van der Waals surface area (Å²) in [7, 11) is 0. The van der Waals surface area contributed by atoms with E-state index in [4.69, 9.17) is 9.73 Å². The quantitative estimate of drug-likeness (QED) is 0.307. The Labute approximate surface area is 196 Å². The second-order valence-corrected chi connectivity index (χ2v) is 8.52. The number of ether oxygens (including phenoxy) is 1. The van der Waals surface area contributed by atoms with Gasteiger partial charge in [0.2, 0.25) is 0 Å². The van der Waals surface area contributed by atoms with Crippen molar-refractivity contribution >= 4 is 29.9 Å². The van der Waals surface area contributed by atoms with Crippen molar-refractivity contribution in [3.8, 4) is 5.75 Å². The van der Waals surface area contributed by atoms with E-state index in [9.17, 15) is 4.39 Å². The van der Waals surface area contributed by atoms with Crippen molar-refractivity contribution in [1.82, 2.24) is 20.4 Å². The Hall–Kier alpha value is -1.13. The van der Waals surface area contributed by atoms with Crippen LogP contribution in [-0.2, 0) is 0 Å². The molecular formula is C22H35FIN5O. The summed E-state index contributed by atoms with van der Waals surface area (Å²) < 4.78 is 20.0. The Balaban J connectivity index is 0.00000256. The first-order valence-electron chi connectivity index (χ1n) is 11.1. The van der Waals surface area contributed by atoms with Crippen LogP contribution in [0.3, 0.4) is 0 Å². The van der Waals surface area contributed by atoms with Crippen molar-refractivity contribution < 1.29 is 9.13 Å². The van der Waals surface area contributed by atoms with E-state index in [0.29, 0.717) is 24.3 Å². The molecule has 8 heteroatoms. The Bertz CT molecular complexity index is 721. The summed E-state index contributed by atoms with van der Waals surface area (Å²) in [6.07, 6.45) is 2.40. The fraction of sp³-hybridized carbons (Fsp3) is 0.682. The van der Waals surface area contributed by atoms with E-state index < -0.39 is 0 Å². The maximum atomic E-state index is 14.4. The zero-order valence-corrected chi connectivity index (χ0v) is 20.4. The second-order valence-electron chi connectivity index (χ2n) is 8.52. The second kappa shape index (κ2) is 10.9. The molecule has 0 radical (unpaired) electrons. The number of nitrogens with zero attached hydrogens (tertiary/aromatic N) is 3. The molecule has 3 heterocycles. The van der Waals surface area contributed by atoms with Gasteiger partial charge in [-0.15, -0.1) is 24.0 Å². The molecule has 2 unspecified atom stereocenters. The summed E-state index contributed by atoms with van der Waals surface area (Å²) in [4.78, 5) is 9.90. The van der Waals surface area contributed by atoms with Crippen LogP contribution in [0.1, 0.15) is 38.3 Å². The molecular weight excluding hydrogens is 496 g/mol. The summed E-state index contributed by atoms with van der Waals surface area (Å²) in [6, 6.07) is 5.69. The molecule has 2 N–H and O–H groups in total. The van der Waals surface area contributed by atoms with Gasteiger partial charge in [-0.25, -0.2) is 4.39 Å². The lowest BCUT2D eigenvalue weighted by atomic mass is 10.1. The molecule has 0 aromatic heterocycles. The Morgan fingerprint density at radius 2 is 2.03 bits per heavy atom. The zero-order chi connectivity index (χ0) is 20.2. The third-order valence-corrected chi connectivity index (χ3v) is 6.18. The standard InChI is InChI=1S/C22H34FN5O.HI/c1-3-24-22(25-13-19-14-27-8-10-28(19)11-9-27)26-16(2)18-6-7-21(20(23)12-18)29-15-17-4-5-17;/h6-7,12,16-17,19H,3-5,8-11,13-15H2,1-2H3,(H2,24,25,26);1H. The van der Waals surface area contributed by atoms with Crippen molar-refractivity contribution in [3.05, 3.63) is 29.6 Å². The van der Waals surface area contributed by atoms with Crippen LogP contribution in [0, 0.1) is 11.7 Å². The molecule has 0 amide bonds. The molecule has 5 rings (SSSR count). The van der Waals surface area contributed by atoms with Crippen LogP contribution < -0.4 is 15.4 Å². The Morgan fingerprint density at radius 1 is 1.27 bits per heavy atom. The molecule has 1 aromatic rings. The minimum atomic E-state index is -0.293. The molecule has 2 bridgehead atoms. The zero-order valence-electron chi connectivity index (χ0n) is 18.1. The van der Waals surface area contributed by atoms with Gasteiger partial charge in [-0.05, 0) is 50.3 Å². The molecule has 1 aromatic carbocycles. The molecule has 2 atom stereocenters. The topological polar surface area (TPSA) is 52.1 Å². The normalized spacial score (nSPS) is 26.6. The van der Waals surface area contributed by atoms with E-state index >= 15 is 0 Å². The number of guanidine groups is 1. The van der Waals surface area contributed by atoms with Crippen molar-refractivity contribution in [2.75, 3.05) is 52.4 Å². The van der Waals surface area contributed by atoms with Crippen LogP contribution in [0.2, 0.25) is 0 Å². The van der Waals surface area contributed by atoms with Gasteiger partial charge in [0.1, 0.15) is 0 Å². The van der Waals surface area contributed by atoms with Crippen LogP contribution in [-0.4, -0.2) is 74.2 Å². The molecule has 4 fully saturated rings. The van der Waals surface area contributed by atoms with Crippen molar-refractivity contribution in [3.63, 3.8) is 0 Å². The number of hydrogen-bond donors (Lipinski definition) is 2. The van der Waals surface area contributed by atoms with Gasteiger partial charge < -0.3 is 15.4 Å². The SMILES string of the molecule is CCNC(=NCC1CN2CCN1CC2)NC(C)c1ccc(OCC2CC2)c(F)c1.I. The first-order valence-corrected chi connectivity index (χ1v) is 11.1. The number of piperazine rings is 3. The molecule has 3 saturated heterocycles. The predicted molar refractivity (Wildman–Crippen MR) is 129 cm³/mol. The molecule has 30 heavy (non-hydrogen) atoms. The molecule has 1 saturated carbocycles. The van der Waals surface area contributed by atoms with Gasteiger partial charge in [0.05, 0.1) is 19.2 Å². The van der Waals surface area contributed by atoms with Gasteiger partial charge in [-0.1, -0.05) is 6.07 Å². The number of benzene rings is 1. The Morgan fingerprint density at radius 3 is 2.63 bits per heavy atom. The highest BCUT2D eigenvalue weighted by Crippen LogP contribution is 2.30. The highest BCUT2D eigenvalue weighted by molar-refractivity contribution is 14.0. The predicted octanol–water partition coefficient (Wildman–Crippen LogP) is 2.85. The lowest BCUT2D eigenvalue weighted by molar-refractivity contribution is 0.0174. The Kier molecular flexibility index (Phi) is 8.59. The van der Waals surface area contributed by atoms with Crippen LogP contribution in [0.4, 0.5) is 4.39 Å². The van der Waals surface area contributed by atoms with Gasteiger partial charge >= 0.3 is 0 Å². The monoisotopic (exact) mass is 531 g/mol. The van der Waals surface area contributed by atoms with Gasteiger partial charge in [0.15, 0.2) is 17.5 Å². The number of aliphatic imine (C=N–C) groups is 1. The highest BCUT2D eigenvalue weighted by Gasteiger charge is 2.31. The van der Waals surface area contributed by atoms with Crippen LogP contribution in [0.25, 0.3) is 0 Å². The van der Waals surface area contributed by atoms with Crippen molar-refractivity contribution in [2.24, 2.45) is 10.9 Å². The summed E-state index contributed by atoms with van der Waals surface area (Å²) in [5.41, 5.74) is 0.887. The maximum absolute atomic E-state index is 14.4. The van der Waals surface area contributed by atoms with E-state index in [0.717, 1.165) is 44.2 Å². The van der Waals surface area contributed by atoms with E-state index in [-0.39, 0.29) is 35.8 Å². The summed E-state index contributed by atoms with van der Waals surface area (Å²) in [5.74, 6) is 1.46. The van der Waals surface area contributed by atoms with Gasteiger partial charge in [-0.2, -0.15) is 0 Å².